The first kappa shape index (κ1) is 28.9. The smallest absolute Gasteiger partial charge is 0.386 e. The summed E-state index contributed by atoms with van der Waals surface area (Å²) in [7, 11) is -17.0. The van der Waals surface area contributed by atoms with E-state index in [-0.39, 0.29) is 11.2 Å². The lowest BCUT2D eigenvalue weighted by molar-refractivity contribution is -0.0832. The fourth-order valence-electron chi connectivity index (χ4n) is 3.33. The Morgan fingerprint density at radius 1 is 1.22 bits per heavy atom. The van der Waals surface area contributed by atoms with Crippen molar-refractivity contribution < 1.29 is 65.8 Å². The van der Waals surface area contributed by atoms with Crippen LogP contribution in [0.15, 0.2) is 12.5 Å². The van der Waals surface area contributed by atoms with E-state index in [9.17, 15) is 38.1 Å². The first-order valence-corrected chi connectivity index (χ1v) is 14.1. The summed E-state index contributed by atoms with van der Waals surface area (Å²) in [6.07, 6.45) is -4.57. The van der Waals surface area contributed by atoms with Crippen molar-refractivity contribution in [2.75, 3.05) is 6.67 Å². The number of rotatable bonds is 8. The summed E-state index contributed by atoms with van der Waals surface area (Å²) in [5.74, 6) is 4.42. The quantitative estimate of drug-likeness (QED) is 0.176. The van der Waals surface area contributed by atoms with E-state index in [0.717, 1.165) is 17.8 Å². The maximum Gasteiger partial charge on any atom is 0.490 e. The Hall–Kier alpha value is -1.67. The topological polar surface area (TPSA) is 253 Å². The number of hydrogen-bond acceptors (Lipinski definition) is 12. The van der Waals surface area contributed by atoms with Gasteiger partial charge in [-0.1, -0.05) is 11.8 Å². The molecule has 0 radical (unpaired) electrons. The van der Waals surface area contributed by atoms with Crippen molar-refractivity contribution in [2.24, 2.45) is 0 Å². The van der Waals surface area contributed by atoms with Gasteiger partial charge in [0.1, 0.15) is 30.2 Å². The van der Waals surface area contributed by atoms with Crippen molar-refractivity contribution >= 4 is 34.6 Å². The van der Waals surface area contributed by atoms with Crippen LogP contribution in [0.4, 0.5) is 4.39 Å². The van der Waals surface area contributed by atoms with Gasteiger partial charge in [-0.25, -0.2) is 33.0 Å². The Labute approximate surface area is 201 Å². The molecule has 0 spiro atoms. The minimum Gasteiger partial charge on any atom is -0.386 e. The molecule has 2 aromatic heterocycles. The van der Waals surface area contributed by atoms with Crippen molar-refractivity contribution in [1.29, 1.82) is 0 Å². The Kier molecular flexibility index (Phi) is 8.22. The van der Waals surface area contributed by atoms with Gasteiger partial charge in [0, 0.05) is 0 Å². The summed E-state index contributed by atoms with van der Waals surface area (Å²) in [4.78, 5) is 48.5. The molecule has 3 rings (SSSR count). The second kappa shape index (κ2) is 10.2. The van der Waals surface area contributed by atoms with Gasteiger partial charge in [0.25, 0.3) is 0 Å². The number of halogens is 1. The Morgan fingerprint density at radius 2 is 1.89 bits per heavy atom. The molecule has 1 saturated heterocycles. The summed E-state index contributed by atoms with van der Waals surface area (Å²) < 4.78 is 66.0. The van der Waals surface area contributed by atoms with Crippen LogP contribution in [0, 0.1) is 18.8 Å². The number of phosphoric ester groups is 1. The molecule has 0 saturated carbocycles. The summed E-state index contributed by atoms with van der Waals surface area (Å²) in [5, 5.41) is 22.0. The zero-order valence-corrected chi connectivity index (χ0v) is 20.9. The predicted octanol–water partition coefficient (Wildman–Crippen LogP) is -0.171. The zero-order valence-electron chi connectivity index (χ0n) is 18.2. The SMILES string of the molecule is Cc1ncc2ncn([C@@H]3O[C@H]([C@H](C)OP(=O)(O)OP(=O)(O)OP(=O)(O)O)[C@H](O)C3(O)C#CCF)c2n1. The largest absolute Gasteiger partial charge is 0.490 e. The number of nitrogens with zero attached hydrogens (tertiary/aromatic N) is 4. The summed E-state index contributed by atoms with van der Waals surface area (Å²) in [6, 6.07) is 0. The Bertz CT molecular complexity index is 1340. The number of hydrogen-bond donors (Lipinski definition) is 6. The van der Waals surface area contributed by atoms with Gasteiger partial charge in [0.15, 0.2) is 17.5 Å². The van der Waals surface area contributed by atoms with E-state index in [0.29, 0.717) is 5.82 Å². The first-order valence-electron chi connectivity index (χ1n) is 9.58. The molecule has 36 heavy (non-hydrogen) atoms. The molecule has 0 amide bonds. The van der Waals surface area contributed by atoms with E-state index in [1.54, 1.807) is 6.92 Å². The van der Waals surface area contributed by atoms with Crippen LogP contribution in [0.1, 0.15) is 19.0 Å². The Morgan fingerprint density at radius 3 is 2.50 bits per heavy atom. The molecule has 1 aliphatic heterocycles. The maximum atomic E-state index is 12.8. The minimum absolute atomic E-state index is 0.126. The van der Waals surface area contributed by atoms with Crippen LogP contribution in [0.5, 0.6) is 0 Å². The van der Waals surface area contributed by atoms with Gasteiger partial charge in [-0.05, 0) is 13.8 Å². The van der Waals surface area contributed by atoms with E-state index in [2.05, 4.69) is 34.0 Å². The fraction of sp³-hybridized carbons (Fsp3) is 0.533. The van der Waals surface area contributed by atoms with Gasteiger partial charge in [-0.15, -0.1) is 0 Å². The average Bonchev–Trinajstić information content (AvgIpc) is 3.22. The van der Waals surface area contributed by atoms with Crippen molar-refractivity contribution in [3.63, 3.8) is 0 Å². The normalized spacial score (nSPS) is 28.8. The van der Waals surface area contributed by atoms with E-state index in [1.165, 1.54) is 6.20 Å². The molecular weight excluding hydrogens is 556 g/mol. The monoisotopic (exact) mass is 576 g/mol. The van der Waals surface area contributed by atoms with Gasteiger partial charge in [-0.3, -0.25) is 9.09 Å². The highest BCUT2D eigenvalue weighted by Gasteiger charge is 2.58. The number of aliphatic hydroxyl groups excluding tert-OH is 1. The number of imidazole rings is 1. The maximum absolute atomic E-state index is 12.8. The van der Waals surface area contributed by atoms with Gasteiger partial charge in [-0.2, -0.15) is 8.62 Å². The molecule has 0 aliphatic carbocycles. The van der Waals surface area contributed by atoms with E-state index < -0.39 is 60.3 Å². The lowest BCUT2D eigenvalue weighted by Crippen LogP contribution is -2.47. The third-order valence-corrected chi connectivity index (χ3v) is 8.57. The lowest BCUT2D eigenvalue weighted by atomic mass is 9.92. The number of alkyl halides is 1. The van der Waals surface area contributed by atoms with Crippen molar-refractivity contribution in [1.82, 2.24) is 19.5 Å². The predicted molar refractivity (Wildman–Crippen MR) is 113 cm³/mol. The number of fused-ring (bicyclic) bond motifs is 1. The van der Waals surface area contributed by atoms with Crippen molar-refractivity contribution in [3.05, 3.63) is 18.3 Å². The highest BCUT2D eigenvalue weighted by Crippen LogP contribution is 2.66. The highest BCUT2D eigenvalue weighted by molar-refractivity contribution is 7.66. The van der Waals surface area contributed by atoms with Gasteiger partial charge >= 0.3 is 23.5 Å². The van der Waals surface area contributed by atoms with Crippen LogP contribution in [-0.4, -0.2) is 79.9 Å². The van der Waals surface area contributed by atoms with Crippen LogP contribution in [-0.2, 0) is 31.6 Å². The van der Waals surface area contributed by atoms with E-state index in [4.69, 9.17) is 14.5 Å². The van der Waals surface area contributed by atoms with Crippen LogP contribution in [0.2, 0.25) is 0 Å². The molecule has 1 aliphatic rings. The zero-order chi connectivity index (χ0) is 27.1. The van der Waals surface area contributed by atoms with E-state index >= 15 is 0 Å². The van der Waals surface area contributed by atoms with Crippen LogP contribution < -0.4 is 0 Å². The summed E-state index contributed by atoms with van der Waals surface area (Å²) in [5.41, 5.74) is -2.16. The number of phosphoric acid groups is 3. The van der Waals surface area contributed by atoms with Crippen molar-refractivity contribution in [2.45, 2.75) is 44.0 Å². The second-order valence-electron chi connectivity index (χ2n) is 7.34. The second-order valence-corrected chi connectivity index (χ2v) is 11.7. The van der Waals surface area contributed by atoms with Crippen LogP contribution in [0.3, 0.4) is 0 Å². The minimum atomic E-state index is -5.81. The molecule has 0 aromatic carbocycles. The third-order valence-electron chi connectivity index (χ3n) is 4.65. The van der Waals surface area contributed by atoms with Crippen molar-refractivity contribution in [3.8, 4) is 11.8 Å². The van der Waals surface area contributed by atoms with Gasteiger partial charge in [0.2, 0.25) is 0 Å². The third kappa shape index (κ3) is 6.42. The number of aryl methyl sites for hydroxylation is 1. The van der Waals surface area contributed by atoms with Crippen LogP contribution >= 0.6 is 23.5 Å². The molecule has 3 heterocycles. The number of aromatic nitrogens is 4. The summed E-state index contributed by atoms with van der Waals surface area (Å²) >= 11 is 0. The standard InChI is InChI=1S/C15H20FN4O13P3/c1-8(31-35(26,27)33-36(28,29)32-34(23,24)25)11-12(21)15(22,4-3-5-16)14(30-11)20-7-18-10-6-17-9(2)19-13(10)20/h6-8,11-12,14,21-22H,5H2,1-2H3,(H,26,27)(H,28,29)(H2,23,24,25)/t8-,11+,12-,14+,15?/m0/s1. The van der Waals surface area contributed by atoms with Crippen LogP contribution in [0.25, 0.3) is 11.2 Å². The van der Waals surface area contributed by atoms with E-state index in [1.807, 2.05) is 5.92 Å². The molecule has 1 fully saturated rings. The summed E-state index contributed by atoms with van der Waals surface area (Å²) in [6.45, 7) is 1.37. The Balaban J connectivity index is 1.91. The molecule has 6 N–H and O–H groups in total. The molecular formula is C15H20FN4O13P3. The average molecular weight is 576 g/mol. The molecule has 21 heteroatoms. The first-order chi connectivity index (χ1) is 16.5. The lowest BCUT2D eigenvalue weighted by Gasteiger charge is -2.27. The number of aliphatic hydroxyl groups is 2. The van der Waals surface area contributed by atoms with Gasteiger partial charge < -0.3 is 34.5 Å². The molecule has 7 atom stereocenters. The fourth-order valence-corrected chi connectivity index (χ4v) is 6.53. The molecule has 2 aromatic rings. The molecule has 3 unspecified atom stereocenters. The molecule has 17 nitrogen and oxygen atoms in total. The highest BCUT2D eigenvalue weighted by atomic mass is 31.3. The number of ether oxygens (including phenoxy) is 1. The molecule has 200 valence electrons. The van der Waals surface area contributed by atoms with Gasteiger partial charge in [0.05, 0.1) is 18.6 Å². The molecule has 0 bridgehead atoms.